The van der Waals surface area contributed by atoms with E-state index < -0.39 is 23.3 Å². The molecule has 154 valence electrons. The molecule has 2 atom stereocenters. The van der Waals surface area contributed by atoms with Gasteiger partial charge in [0.05, 0.1) is 11.6 Å². The molecule has 30 heavy (non-hydrogen) atoms. The monoisotopic (exact) mass is 406 g/mol. The minimum Gasteiger partial charge on any atom is -0.408 e. The maximum absolute atomic E-state index is 12.3. The minimum atomic E-state index is -1.45. The standard InChI is InChI=1S/C22H22N4O4/c1-26-18-11-16(6-7-19(18)30-21(26)28)15-4-2-14(3-5-15)10-17(12-23)25-20(27)22(29)8-9-24-13-22/h2-7,11,17,24,29H,8-10,13H2,1H3,(H,25,27)/t17-,22-/m0/s1. The van der Waals surface area contributed by atoms with Crippen molar-refractivity contribution >= 4 is 17.0 Å². The van der Waals surface area contributed by atoms with E-state index in [-0.39, 0.29) is 6.54 Å². The molecule has 1 fully saturated rings. The summed E-state index contributed by atoms with van der Waals surface area (Å²) in [6.07, 6.45) is 0.666. The molecule has 1 amide bonds. The summed E-state index contributed by atoms with van der Waals surface area (Å²) < 4.78 is 6.62. The maximum Gasteiger partial charge on any atom is 0.419 e. The summed E-state index contributed by atoms with van der Waals surface area (Å²) in [6, 6.07) is 14.6. The number of nitriles is 1. The molecule has 0 spiro atoms. The van der Waals surface area contributed by atoms with Gasteiger partial charge in [0.15, 0.2) is 11.2 Å². The van der Waals surface area contributed by atoms with Gasteiger partial charge < -0.3 is 20.2 Å². The van der Waals surface area contributed by atoms with E-state index >= 15 is 0 Å². The number of hydrogen-bond donors (Lipinski definition) is 3. The normalized spacial score (nSPS) is 19.5. The second-order valence-corrected chi connectivity index (χ2v) is 7.62. The zero-order valence-corrected chi connectivity index (χ0v) is 16.5. The summed E-state index contributed by atoms with van der Waals surface area (Å²) in [7, 11) is 1.66. The molecule has 2 aromatic carbocycles. The van der Waals surface area contributed by atoms with Crippen LogP contribution >= 0.6 is 0 Å². The zero-order chi connectivity index (χ0) is 21.3. The number of fused-ring (bicyclic) bond motifs is 1. The Morgan fingerprint density at radius 3 is 2.73 bits per heavy atom. The number of aromatic nitrogens is 1. The third-order valence-corrected chi connectivity index (χ3v) is 5.54. The molecule has 8 nitrogen and oxygen atoms in total. The largest absolute Gasteiger partial charge is 0.419 e. The van der Waals surface area contributed by atoms with Gasteiger partial charge in [-0.3, -0.25) is 9.36 Å². The van der Waals surface area contributed by atoms with E-state index in [4.69, 9.17) is 4.42 Å². The van der Waals surface area contributed by atoms with Crippen molar-refractivity contribution in [1.29, 1.82) is 5.26 Å². The second-order valence-electron chi connectivity index (χ2n) is 7.62. The van der Waals surface area contributed by atoms with Gasteiger partial charge in [0.25, 0.3) is 5.91 Å². The lowest BCUT2D eigenvalue weighted by Gasteiger charge is -2.22. The number of nitrogens with one attached hydrogen (secondary N) is 2. The van der Waals surface area contributed by atoms with Crippen molar-refractivity contribution in [1.82, 2.24) is 15.2 Å². The molecular formula is C22H22N4O4. The number of β-amino-alcohol motifs (C(OH)–C–C–N with tert-alkyl or cyclic N) is 1. The van der Waals surface area contributed by atoms with E-state index in [1.165, 1.54) is 4.57 Å². The molecule has 1 aliphatic rings. The number of hydrogen-bond acceptors (Lipinski definition) is 6. The van der Waals surface area contributed by atoms with E-state index in [9.17, 15) is 20.0 Å². The summed E-state index contributed by atoms with van der Waals surface area (Å²) in [5.74, 6) is -0.921. The van der Waals surface area contributed by atoms with Gasteiger partial charge in [-0.15, -0.1) is 0 Å². The first-order chi connectivity index (χ1) is 14.4. The van der Waals surface area contributed by atoms with Crippen LogP contribution in [0.25, 0.3) is 22.2 Å². The SMILES string of the molecule is Cn1c(=O)oc2ccc(-c3ccc(C[C@@H](C#N)NC(=O)[C@]4(O)CCNC4)cc3)cc21. The Labute approximate surface area is 172 Å². The fraction of sp³-hybridized carbons (Fsp3) is 0.318. The van der Waals surface area contributed by atoms with Crippen molar-refractivity contribution in [2.45, 2.75) is 24.5 Å². The van der Waals surface area contributed by atoms with Crippen molar-refractivity contribution in [3.05, 3.63) is 58.6 Å². The van der Waals surface area contributed by atoms with Gasteiger partial charge in [-0.2, -0.15) is 5.26 Å². The van der Waals surface area contributed by atoms with Crippen LogP contribution in [-0.2, 0) is 18.3 Å². The summed E-state index contributed by atoms with van der Waals surface area (Å²) in [6.45, 7) is 0.764. The fourth-order valence-electron chi connectivity index (χ4n) is 3.67. The van der Waals surface area contributed by atoms with Crippen LogP contribution in [0, 0.1) is 11.3 Å². The highest BCUT2D eigenvalue weighted by atomic mass is 16.4. The van der Waals surface area contributed by atoms with Crippen LogP contribution in [0.4, 0.5) is 0 Å². The molecule has 0 unspecified atom stereocenters. The van der Waals surface area contributed by atoms with E-state index in [0.717, 1.165) is 16.7 Å². The molecule has 2 heterocycles. The Kier molecular flexibility index (Phi) is 5.16. The molecule has 0 radical (unpaired) electrons. The molecule has 4 rings (SSSR count). The summed E-state index contributed by atoms with van der Waals surface area (Å²) >= 11 is 0. The first kappa shape index (κ1) is 19.9. The molecule has 1 aromatic heterocycles. The van der Waals surface area contributed by atoms with Gasteiger partial charge in [0.1, 0.15) is 6.04 Å². The number of rotatable bonds is 5. The third kappa shape index (κ3) is 3.73. The minimum absolute atomic E-state index is 0.193. The van der Waals surface area contributed by atoms with Crippen LogP contribution in [0.5, 0.6) is 0 Å². The Morgan fingerprint density at radius 2 is 2.07 bits per heavy atom. The lowest BCUT2D eigenvalue weighted by atomic mass is 9.99. The number of oxazole rings is 1. The van der Waals surface area contributed by atoms with Crippen LogP contribution in [0.15, 0.2) is 51.7 Å². The van der Waals surface area contributed by atoms with E-state index in [0.29, 0.717) is 30.5 Å². The molecule has 1 aliphatic heterocycles. The zero-order valence-electron chi connectivity index (χ0n) is 16.5. The first-order valence-electron chi connectivity index (χ1n) is 9.72. The molecule has 0 saturated carbocycles. The third-order valence-electron chi connectivity index (χ3n) is 5.54. The van der Waals surface area contributed by atoms with Gasteiger partial charge in [-0.05, 0) is 41.8 Å². The fourth-order valence-corrected chi connectivity index (χ4v) is 3.67. The van der Waals surface area contributed by atoms with Crippen LogP contribution in [0.3, 0.4) is 0 Å². The van der Waals surface area contributed by atoms with Crippen LogP contribution in [0.1, 0.15) is 12.0 Å². The molecular weight excluding hydrogens is 384 g/mol. The summed E-state index contributed by atoms with van der Waals surface area (Å²) in [4.78, 5) is 24.0. The number of carbonyl (C=O) groups is 1. The number of carbonyl (C=O) groups excluding carboxylic acids is 1. The number of aliphatic hydroxyl groups is 1. The highest BCUT2D eigenvalue weighted by Gasteiger charge is 2.39. The number of aryl methyl sites for hydroxylation is 1. The van der Waals surface area contributed by atoms with Crippen molar-refractivity contribution in [3.8, 4) is 17.2 Å². The molecule has 0 aliphatic carbocycles. The lowest BCUT2D eigenvalue weighted by molar-refractivity contribution is -0.138. The van der Waals surface area contributed by atoms with Crippen molar-refractivity contribution in [2.24, 2.45) is 7.05 Å². The number of amides is 1. The summed E-state index contributed by atoms with van der Waals surface area (Å²) in [5, 5.41) is 25.3. The molecule has 3 N–H and O–H groups in total. The molecule has 0 bridgehead atoms. The van der Waals surface area contributed by atoms with Gasteiger partial charge >= 0.3 is 5.76 Å². The van der Waals surface area contributed by atoms with Gasteiger partial charge in [-0.1, -0.05) is 30.3 Å². The number of nitrogens with zero attached hydrogens (tertiary/aromatic N) is 2. The Hall–Kier alpha value is -3.41. The van der Waals surface area contributed by atoms with E-state index in [2.05, 4.69) is 16.7 Å². The second kappa shape index (κ2) is 7.78. The Balaban J connectivity index is 1.48. The van der Waals surface area contributed by atoms with Crippen LogP contribution < -0.4 is 16.4 Å². The number of benzene rings is 2. The maximum atomic E-state index is 12.3. The van der Waals surface area contributed by atoms with Gasteiger partial charge in [0, 0.05) is 20.0 Å². The summed E-state index contributed by atoms with van der Waals surface area (Å²) in [5.41, 5.74) is 2.58. The quantitative estimate of drug-likeness (QED) is 0.583. The average molecular weight is 406 g/mol. The predicted octanol–water partition coefficient (Wildman–Crippen LogP) is 1.07. The smallest absolute Gasteiger partial charge is 0.408 e. The van der Waals surface area contributed by atoms with Crippen molar-refractivity contribution in [2.75, 3.05) is 13.1 Å². The molecule has 1 saturated heterocycles. The first-order valence-corrected chi connectivity index (χ1v) is 9.72. The van der Waals surface area contributed by atoms with Crippen LogP contribution in [0.2, 0.25) is 0 Å². The Morgan fingerprint density at radius 1 is 1.33 bits per heavy atom. The lowest BCUT2D eigenvalue weighted by Crippen LogP contribution is -2.51. The van der Waals surface area contributed by atoms with E-state index in [1.54, 1.807) is 13.1 Å². The molecule has 8 heteroatoms. The van der Waals surface area contributed by atoms with Crippen molar-refractivity contribution < 1.29 is 14.3 Å². The average Bonchev–Trinajstić information content (AvgIpc) is 3.32. The highest BCUT2D eigenvalue weighted by molar-refractivity contribution is 5.86. The van der Waals surface area contributed by atoms with Gasteiger partial charge in [-0.25, -0.2) is 4.79 Å². The Bertz CT molecular complexity index is 1180. The predicted molar refractivity (Wildman–Crippen MR) is 111 cm³/mol. The molecule has 3 aromatic rings. The highest BCUT2D eigenvalue weighted by Crippen LogP contribution is 2.24. The van der Waals surface area contributed by atoms with E-state index in [1.807, 2.05) is 36.4 Å². The van der Waals surface area contributed by atoms with Crippen LogP contribution in [-0.4, -0.2) is 40.3 Å². The van der Waals surface area contributed by atoms with Crippen molar-refractivity contribution in [3.63, 3.8) is 0 Å². The topological polar surface area (TPSA) is 120 Å². The van der Waals surface area contributed by atoms with Gasteiger partial charge in [0.2, 0.25) is 0 Å².